The van der Waals surface area contributed by atoms with E-state index in [0.29, 0.717) is 5.69 Å². The van der Waals surface area contributed by atoms with Crippen LogP contribution in [0.2, 0.25) is 0 Å². The third-order valence-corrected chi connectivity index (χ3v) is 3.11. The Morgan fingerprint density at radius 2 is 2.09 bits per heavy atom. The Bertz CT molecular complexity index is 890. The van der Waals surface area contributed by atoms with Crippen LogP contribution in [0, 0.1) is 0 Å². The number of carbonyl (C=O) groups is 1. The highest BCUT2D eigenvalue weighted by Gasteiger charge is 2.14. The molecule has 0 aliphatic carbocycles. The third-order valence-electron chi connectivity index (χ3n) is 3.11. The molecule has 0 fully saturated rings. The van der Waals surface area contributed by atoms with Crippen LogP contribution in [0.4, 0.5) is 0 Å². The van der Waals surface area contributed by atoms with Crippen molar-refractivity contribution in [3.63, 3.8) is 0 Å². The number of aromatic nitrogens is 3. The second kappa shape index (κ2) is 5.65. The van der Waals surface area contributed by atoms with Gasteiger partial charge in [0.15, 0.2) is 11.4 Å². The molecule has 0 unspecified atom stereocenters. The van der Waals surface area contributed by atoms with Crippen LogP contribution in [0.3, 0.4) is 0 Å². The number of amides is 1. The Morgan fingerprint density at radius 1 is 1.23 bits per heavy atom. The number of rotatable bonds is 3. The number of aromatic hydroxyl groups is 1. The van der Waals surface area contributed by atoms with Crippen LogP contribution in [-0.4, -0.2) is 25.4 Å². The van der Waals surface area contributed by atoms with Crippen LogP contribution in [0.1, 0.15) is 16.1 Å². The molecule has 0 saturated heterocycles. The highest BCUT2D eigenvalue weighted by Crippen LogP contribution is 2.12. The molecule has 1 amide bonds. The van der Waals surface area contributed by atoms with Gasteiger partial charge in [-0.05, 0) is 24.3 Å². The van der Waals surface area contributed by atoms with Crippen molar-refractivity contribution in [1.29, 1.82) is 0 Å². The maximum absolute atomic E-state index is 12.3. The molecule has 0 saturated carbocycles. The van der Waals surface area contributed by atoms with Crippen molar-refractivity contribution >= 4 is 11.6 Å². The maximum Gasteiger partial charge on any atom is 0.270 e. The third kappa shape index (κ3) is 2.51. The number of nitrogens with one attached hydrogen (secondary N) is 1. The first-order chi connectivity index (χ1) is 10.7. The van der Waals surface area contributed by atoms with Crippen molar-refractivity contribution in [3.05, 3.63) is 70.5 Å². The molecule has 3 aromatic heterocycles. The summed E-state index contributed by atoms with van der Waals surface area (Å²) in [6.07, 6.45) is 4.22. The van der Waals surface area contributed by atoms with Crippen molar-refractivity contribution in [3.8, 4) is 5.75 Å². The molecule has 7 heteroatoms. The van der Waals surface area contributed by atoms with Gasteiger partial charge in [0.2, 0.25) is 0 Å². The molecule has 22 heavy (non-hydrogen) atoms. The van der Waals surface area contributed by atoms with Crippen molar-refractivity contribution in [1.82, 2.24) is 19.7 Å². The first kappa shape index (κ1) is 13.7. The average Bonchev–Trinajstić information content (AvgIpc) is 2.55. The summed E-state index contributed by atoms with van der Waals surface area (Å²) in [5, 5.41) is 12.3. The fraction of sp³-hybridized carbons (Fsp3) is 0.0667. The van der Waals surface area contributed by atoms with Gasteiger partial charge < -0.3 is 10.4 Å². The Morgan fingerprint density at radius 3 is 2.86 bits per heavy atom. The second-order valence-electron chi connectivity index (χ2n) is 4.57. The minimum absolute atomic E-state index is 0.0981. The summed E-state index contributed by atoms with van der Waals surface area (Å²) in [4.78, 5) is 32.4. The van der Waals surface area contributed by atoms with Crippen LogP contribution in [-0.2, 0) is 6.54 Å². The van der Waals surface area contributed by atoms with Gasteiger partial charge >= 0.3 is 0 Å². The standard InChI is InChI=1S/C15H12N4O3/c20-12-5-3-7-19-13(12)17-9-11(15(19)22)14(21)18-8-10-4-1-2-6-16-10/h1-7,9,20H,8H2,(H,18,21). The van der Waals surface area contributed by atoms with Gasteiger partial charge in [0.25, 0.3) is 11.5 Å². The van der Waals surface area contributed by atoms with Gasteiger partial charge in [-0.2, -0.15) is 0 Å². The number of fused-ring (bicyclic) bond motifs is 1. The quantitative estimate of drug-likeness (QED) is 0.742. The molecular weight excluding hydrogens is 284 g/mol. The van der Waals surface area contributed by atoms with E-state index in [2.05, 4.69) is 15.3 Å². The van der Waals surface area contributed by atoms with E-state index in [1.54, 1.807) is 18.3 Å². The molecule has 3 heterocycles. The van der Waals surface area contributed by atoms with Gasteiger partial charge in [-0.15, -0.1) is 0 Å². The predicted molar refractivity (Wildman–Crippen MR) is 78.5 cm³/mol. The van der Waals surface area contributed by atoms with E-state index in [0.717, 1.165) is 10.6 Å². The fourth-order valence-corrected chi connectivity index (χ4v) is 2.02. The summed E-state index contributed by atoms with van der Waals surface area (Å²) in [5.74, 6) is -0.666. The summed E-state index contributed by atoms with van der Waals surface area (Å²) < 4.78 is 1.13. The van der Waals surface area contributed by atoms with Gasteiger partial charge in [0.1, 0.15) is 5.56 Å². The zero-order chi connectivity index (χ0) is 15.5. The summed E-state index contributed by atoms with van der Waals surface area (Å²) in [7, 11) is 0. The minimum atomic E-state index is -0.542. The maximum atomic E-state index is 12.3. The molecule has 7 nitrogen and oxygen atoms in total. The van der Waals surface area contributed by atoms with E-state index in [4.69, 9.17) is 0 Å². The van der Waals surface area contributed by atoms with E-state index in [9.17, 15) is 14.7 Å². The Labute approximate surface area is 124 Å². The molecule has 0 aliphatic heterocycles. The van der Waals surface area contributed by atoms with Crippen LogP contribution < -0.4 is 10.9 Å². The smallest absolute Gasteiger partial charge is 0.270 e. The number of carbonyl (C=O) groups excluding carboxylic acids is 1. The van der Waals surface area contributed by atoms with Crippen LogP contribution >= 0.6 is 0 Å². The number of hydrogen-bond donors (Lipinski definition) is 2. The minimum Gasteiger partial charge on any atom is -0.504 e. The van der Waals surface area contributed by atoms with Gasteiger partial charge in [0.05, 0.1) is 12.2 Å². The molecule has 0 aliphatic rings. The molecule has 0 radical (unpaired) electrons. The van der Waals surface area contributed by atoms with Gasteiger partial charge in [-0.3, -0.25) is 19.0 Å². The van der Waals surface area contributed by atoms with Crippen LogP contribution in [0.5, 0.6) is 5.75 Å². The monoisotopic (exact) mass is 296 g/mol. The van der Waals surface area contributed by atoms with E-state index < -0.39 is 11.5 Å². The zero-order valence-corrected chi connectivity index (χ0v) is 11.4. The van der Waals surface area contributed by atoms with Gasteiger partial charge in [-0.25, -0.2) is 4.98 Å². The average molecular weight is 296 g/mol. The first-order valence-electron chi connectivity index (χ1n) is 6.54. The number of pyridine rings is 2. The Hall–Kier alpha value is -3.22. The van der Waals surface area contributed by atoms with E-state index in [-0.39, 0.29) is 23.5 Å². The predicted octanol–water partition coefficient (Wildman–Crippen LogP) is 0.725. The molecule has 2 N–H and O–H groups in total. The summed E-state index contributed by atoms with van der Waals surface area (Å²) in [6.45, 7) is 0.210. The number of nitrogens with zero attached hydrogens (tertiary/aromatic N) is 3. The van der Waals surface area contributed by atoms with Gasteiger partial charge in [-0.1, -0.05) is 6.07 Å². The Balaban J connectivity index is 1.88. The fourth-order valence-electron chi connectivity index (χ4n) is 2.02. The van der Waals surface area contributed by atoms with Crippen molar-refractivity contribution < 1.29 is 9.90 Å². The second-order valence-corrected chi connectivity index (χ2v) is 4.57. The van der Waals surface area contributed by atoms with Crippen LogP contribution in [0.15, 0.2) is 53.7 Å². The molecule has 3 rings (SSSR count). The lowest BCUT2D eigenvalue weighted by molar-refractivity contribution is 0.0948. The summed E-state index contributed by atoms with van der Waals surface area (Å²) >= 11 is 0. The number of hydrogen-bond acceptors (Lipinski definition) is 5. The van der Waals surface area contributed by atoms with Crippen molar-refractivity contribution in [2.45, 2.75) is 6.54 Å². The normalized spacial score (nSPS) is 10.5. The van der Waals surface area contributed by atoms with E-state index in [1.807, 2.05) is 6.07 Å². The zero-order valence-electron chi connectivity index (χ0n) is 11.4. The largest absolute Gasteiger partial charge is 0.504 e. The lowest BCUT2D eigenvalue weighted by Gasteiger charge is -2.06. The molecule has 0 atom stereocenters. The van der Waals surface area contributed by atoms with Crippen molar-refractivity contribution in [2.75, 3.05) is 0 Å². The molecule has 0 bridgehead atoms. The highest BCUT2D eigenvalue weighted by molar-refractivity contribution is 5.93. The Kier molecular flexibility index (Phi) is 3.53. The van der Waals surface area contributed by atoms with Crippen LogP contribution in [0.25, 0.3) is 5.65 Å². The highest BCUT2D eigenvalue weighted by atomic mass is 16.3. The first-order valence-corrected chi connectivity index (χ1v) is 6.54. The molecule has 110 valence electrons. The molecule has 0 spiro atoms. The summed E-state index contributed by atoms with van der Waals surface area (Å²) in [5.41, 5.74) is 0.148. The van der Waals surface area contributed by atoms with E-state index >= 15 is 0 Å². The molecule has 3 aromatic rings. The van der Waals surface area contributed by atoms with Crippen molar-refractivity contribution in [2.24, 2.45) is 0 Å². The molecular formula is C15H12N4O3. The topological polar surface area (TPSA) is 96.6 Å². The summed E-state index contributed by atoms with van der Waals surface area (Å²) in [6, 6.07) is 8.27. The molecule has 0 aromatic carbocycles. The van der Waals surface area contributed by atoms with E-state index in [1.165, 1.54) is 18.3 Å². The lowest BCUT2D eigenvalue weighted by Crippen LogP contribution is -2.31. The SMILES string of the molecule is O=C(NCc1ccccn1)c1cnc2c(O)cccn2c1=O. The van der Waals surface area contributed by atoms with Gasteiger partial charge in [0, 0.05) is 18.6 Å². The lowest BCUT2D eigenvalue weighted by atomic mass is 10.3.